The van der Waals surface area contributed by atoms with Crippen LogP contribution in [0, 0.1) is 6.92 Å². The molecule has 1 rings (SSSR count). The fraction of sp³-hybridized carbons (Fsp3) is 0.500. The summed E-state index contributed by atoms with van der Waals surface area (Å²) in [5.41, 5.74) is 2.22. The van der Waals surface area contributed by atoms with E-state index in [1.165, 1.54) is 0 Å². The average Bonchev–Trinajstić information content (AvgIpc) is 2.38. The van der Waals surface area contributed by atoms with Gasteiger partial charge in [0.1, 0.15) is 5.75 Å². The Morgan fingerprint density at radius 2 is 1.59 bits per heavy atom. The SMILES string of the molecule is COc1cccc(C)c1C[Si](OC)(OC)OC. The van der Waals surface area contributed by atoms with Crippen molar-refractivity contribution in [3.05, 3.63) is 29.3 Å². The van der Waals surface area contributed by atoms with E-state index in [1.807, 2.05) is 25.1 Å². The molecule has 0 N–H and O–H groups in total. The second-order valence-corrected chi connectivity index (χ2v) is 6.67. The molecule has 0 aliphatic carbocycles. The molecular formula is C12H20O4Si. The van der Waals surface area contributed by atoms with Gasteiger partial charge in [-0.1, -0.05) is 12.1 Å². The van der Waals surface area contributed by atoms with Crippen LogP contribution in [0.3, 0.4) is 0 Å². The van der Waals surface area contributed by atoms with Crippen LogP contribution in [0.5, 0.6) is 5.75 Å². The van der Waals surface area contributed by atoms with E-state index in [9.17, 15) is 0 Å². The molecule has 0 atom stereocenters. The van der Waals surface area contributed by atoms with E-state index in [2.05, 4.69) is 0 Å². The van der Waals surface area contributed by atoms with Crippen LogP contribution in [0.15, 0.2) is 18.2 Å². The number of aryl methyl sites for hydroxylation is 1. The minimum Gasteiger partial charge on any atom is -0.496 e. The number of hydrogen-bond donors (Lipinski definition) is 0. The predicted molar refractivity (Wildman–Crippen MR) is 68.2 cm³/mol. The van der Waals surface area contributed by atoms with Gasteiger partial charge in [0, 0.05) is 32.9 Å². The summed E-state index contributed by atoms with van der Waals surface area (Å²) in [5, 5.41) is 0. The highest BCUT2D eigenvalue weighted by Gasteiger charge is 2.39. The molecule has 0 aromatic heterocycles. The van der Waals surface area contributed by atoms with E-state index in [-0.39, 0.29) is 0 Å². The third-order valence-corrected chi connectivity index (χ3v) is 5.57. The van der Waals surface area contributed by atoms with Crippen LogP contribution >= 0.6 is 0 Å². The lowest BCUT2D eigenvalue weighted by molar-refractivity contribution is 0.122. The van der Waals surface area contributed by atoms with Crippen molar-refractivity contribution in [3.8, 4) is 5.75 Å². The van der Waals surface area contributed by atoms with Gasteiger partial charge in [-0.2, -0.15) is 0 Å². The molecule has 17 heavy (non-hydrogen) atoms. The van der Waals surface area contributed by atoms with Gasteiger partial charge in [-0.3, -0.25) is 0 Å². The molecule has 1 aromatic rings. The minimum absolute atomic E-state index is 0.604. The van der Waals surface area contributed by atoms with Gasteiger partial charge in [-0.05, 0) is 18.6 Å². The quantitative estimate of drug-likeness (QED) is 0.729. The Morgan fingerprint density at radius 1 is 1.00 bits per heavy atom. The maximum atomic E-state index is 5.43. The van der Waals surface area contributed by atoms with Crippen molar-refractivity contribution in [2.75, 3.05) is 28.4 Å². The van der Waals surface area contributed by atoms with E-state index in [4.69, 9.17) is 18.0 Å². The number of benzene rings is 1. The molecule has 0 bridgehead atoms. The van der Waals surface area contributed by atoms with E-state index in [1.54, 1.807) is 28.4 Å². The van der Waals surface area contributed by atoms with Crippen LogP contribution in [0.4, 0.5) is 0 Å². The molecule has 5 heteroatoms. The van der Waals surface area contributed by atoms with Crippen LogP contribution in [-0.4, -0.2) is 37.2 Å². The normalized spacial score (nSPS) is 11.6. The molecule has 96 valence electrons. The summed E-state index contributed by atoms with van der Waals surface area (Å²) in [6.07, 6.45) is 0. The van der Waals surface area contributed by atoms with Crippen molar-refractivity contribution in [2.45, 2.75) is 13.0 Å². The molecule has 0 amide bonds. The Hall–Kier alpha value is -0.883. The summed E-state index contributed by atoms with van der Waals surface area (Å²) in [7, 11) is 3.89. The molecule has 1 aromatic carbocycles. The molecule has 0 fully saturated rings. The first-order chi connectivity index (χ1) is 8.12. The fourth-order valence-corrected chi connectivity index (χ4v) is 3.60. The van der Waals surface area contributed by atoms with Crippen LogP contribution in [0.2, 0.25) is 0 Å². The first kappa shape index (κ1) is 14.2. The Kier molecular flexibility index (Phi) is 5.14. The first-order valence-corrected chi connectivity index (χ1v) is 7.33. The second-order valence-electron chi connectivity index (χ2n) is 3.73. The Morgan fingerprint density at radius 3 is 2.06 bits per heavy atom. The lowest BCUT2D eigenvalue weighted by Crippen LogP contribution is -2.45. The van der Waals surface area contributed by atoms with Gasteiger partial charge in [-0.15, -0.1) is 0 Å². The van der Waals surface area contributed by atoms with Gasteiger partial charge >= 0.3 is 8.80 Å². The van der Waals surface area contributed by atoms with Crippen molar-refractivity contribution in [1.29, 1.82) is 0 Å². The van der Waals surface area contributed by atoms with Crippen molar-refractivity contribution < 1.29 is 18.0 Å². The van der Waals surface area contributed by atoms with Gasteiger partial charge in [0.05, 0.1) is 7.11 Å². The van der Waals surface area contributed by atoms with Crippen molar-refractivity contribution in [3.63, 3.8) is 0 Å². The third-order valence-electron chi connectivity index (χ3n) is 2.91. The van der Waals surface area contributed by atoms with Crippen LogP contribution < -0.4 is 4.74 Å². The van der Waals surface area contributed by atoms with Crippen molar-refractivity contribution in [2.24, 2.45) is 0 Å². The fourth-order valence-electron chi connectivity index (χ4n) is 1.78. The Bertz CT molecular complexity index is 355. The highest BCUT2D eigenvalue weighted by Crippen LogP contribution is 2.26. The minimum atomic E-state index is -2.62. The molecule has 0 unspecified atom stereocenters. The lowest BCUT2D eigenvalue weighted by atomic mass is 10.1. The van der Waals surface area contributed by atoms with E-state index < -0.39 is 8.80 Å². The van der Waals surface area contributed by atoms with E-state index in [0.29, 0.717) is 6.04 Å². The standard InChI is InChI=1S/C12H20O4Si/c1-10-7-6-8-12(13-2)11(10)9-17(14-3,15-4)16-5/h6-8H,9H2,1-5H3. The lowest BCUT2D eigenvalue weighted by Gasteiger charge is -2.25. The summed E-state index contributed by atoms with van der Waals surface area (Å²) in [5.74, 6) is 0.841. The van der Waals surface area contributed by atoms with E-state index in [0.717, 1.165) is 16.9 Å². The summed E-state index contributed by atoms with van der Waals surface area (Å²) in [6.45, 7) is 2.04. The molecule has 0 aliphatic rings. The number of hydrogen-bond acceptors (Lipinski definition) is 4. The monoisotopic (exact) mass is 256 g/mol. The van der Waals surface area contributed by atoms with Crippen LogP contribution in [0.25, 0.3) is 0 Å². The van der Waals surface area contributed by atoms with Gasteiger partial charge in [0.15, 0.2) is 0 Å². The smallest absolute Gasteiger partial charge is 0.496 e. The average molecular weight is 256 g/mol. The topological polar surface area (TPSA) is 36.9 Å². The largest absolute Gasteiger partial charge is 0.504 e. The second kappa shape index (κ2) is 6.16. The molecule has 0 aliphatic heterocycles. The Balaban J connectivity index is 3.08. The maximum Gasteiger partial charge on any atom is 0.504 e. The van der Waals surface area contributed by atoms with Gasteiger partial charge in [0.25, 0.3) is 0 Å². The van der Waals surface area contributed by atoms with Gasteiger partial charge < -0.3 is 18.0 Å². The molecule has 0 heterocycles. The molecular weight excluding hydrogens is 236 g/mol. The molecule has 0 radical (unpaired) electrons. The third kappa shape index (κ3) is 3.07. The molecule has 0 saturated carbocycles. The van der Waals surface area contributed by atoms with Crippen LogP contribution in [0.1, 0.15) is 11.1 Å². The number of ether oxygens (including phenoxy) is 1. The first-order valence-electron chi connectivity index (χ1n) is 5.40. The zero-order valence-corrected chi connectivity index (χ0v) is 12.1. The van der Waals surface area contributed by atoms with Crippen molar-refractivity contribution >= 4 is 8.80 Å². The summed E-state index contributed by atoms with van der Waals surface area (Å²) in [4.78, 5) is 0. The zero-order valence-electron chi connectivity index (χ0n) is 11.1. The molecule has 0 saturated heterocycles. The van der Waals surface area contributed by atoms with Crippen LogP contribution in [-0.2, 0) is 19.3 Å². The van der Waals surface area contributed by atoms with E-state index >= 15 is 0 Å². The highest BCUT2D eigenvalue weighted by molar-refractivity contribution is 6.60. The number of rotatable bonds is 6. The van der Waals surface area contributed by atoms with Gasteiger partial charge in [-0.25, -0.2) is 0 Å². The molecule has 4 nitrogen and oxygen atoms in total. The maximum absolute atomic E-state index is 5.43. The Labute approximate surface area is 104 Å². The van der Waals surface area contributed by atoms with Crippen molar-refractivity contribution in [1.82, 2.24) is 0 Å². The van der Waals surface area contributed by atoms with Gasteiger partial charge in [0.2, 0.25) is 0 Å². The molecule has 0 spiro atoms. The number of methoxy groups -OCH3 is 1. The zero-order chi connectivity index (χ0) is 12.9. The summed E-state index contributed by atoms with van der Waals surface area (Å²) >= 11 is 0. The summed E-state index contributed by atoms with van der Waals surface area (Å²) < 4.78 is 21.7. The highest BCUT2D eigenvalue weighted by atomic mass is 28.4. The predicted octanol–water partition coefficient (Wildman–Crippen LogP) is 1.96. The summed E-state index contributed by atoms with van der Waals surface area (Å²) in [6, 6.07) is 6.54.